The quantitative estimate of drug-likeness (QED) is 0.488. The second kappa shape index (κ2) is 9.98. The van der Waals surface area contributed by atoms with Crippen molar-refractivity contribution < 1.29 is 9.53 Å². The molecule has 2 aromatic carbocycles. The van der Waals surface area contributed by atoms with Gasteiger partial charge in [-0.15, -0.1) is 0 Å². The van der Waals surface area contributed by atoms with E-state index < -0.39 is 0 Å². The van der Waals surface area contributed by atoms with Crippen molar-refractivity contribution in [1.82, 2.24) is 10.3 Å². The van der Waals surface area contributed by atoms with Gasteiger partial charge in [-0.1, -0.05) is 50.1 Å². The molecule has 0 aliphatic carbocycles. The molecule has 4 heteroatoms. The number of benzene rings is 2. The molecule has 0 saturated carbocycles. The number of amides is 1. The highest BCUT2D eigenvalue weighted by Gasteiger charge is 2.13. The van der Waals surface area contributed by atoms with Crippen LogP contribution in [0.4, 0.5) is 0 Å². The Bertz CT molecular complexity index is 900. The molecule has 0 atom stereocenters. The smallest absolute Gasteiger partial charge is 0.220 e. The van der Waals surface area contributed by atoms with E-state index in [4.69, 9.17) is 4.74 Å². The third kappa shape index (κ3) is 5.16. The highest BCUT2D eigenvalue weighted by atomic mass is 16.5. The number of H-pyrrole nitrogens is 1. The van der Waals surface area contributed by atoms with Gasteiger partial charge in [0.05, 0.1) is 7.11 Å². The van der Waals surface area contributed by atoms with Crippen LogP contribution in [0.5, 0.6) is 5.75 Å². The Morgan fingerprint density at radius 2 is 1.93 bits per heavy atom. The maximum absolute atomic E-state index is 12.0. The van der Waals surface area contributed by atoms with Crippen molar-refractivity contribution in [2.75, 3.05) is 13.7 Å². The molecule has 1 aromatic heterocycles. The zero-order chi connectivity index (χ0) is 19.8. The SMILES string of the molecule is CCCCCC(=O)NCCc1c(Cc2ccccc2)[nH]c2ccc(OC)cc12. The first-order chi connectivity index (χ1) is 13.7. The van der Waals surface area contributed by atoms with Crippen LogP contribution in [0.15, 0.2) is 48.5 Å². The number of methoxy groups -OCH3 is 1. The van der Waals surface area contributed by atoms with Crippen molar-refractivity contribution in [1.29, 1.82) is 0 Å². The predicted molar refractivity (Wildman–Crippen MR) is 115 cm³/mol. The maximum Gasteiger partial charge on any atom is 0.220 e. The summed E-state index contributed by atoms with van der Waals surface area (Å²) in [5.74, 6) is 0.998. The minimum atomic E-state index is 0.149. The summed E-state index contributed by atoms with van der Waals surface area (Å²) in [6, 6.07) is 16.6. The van der Waals surface area contributed by atoms with Gasteiger partial charge >= 0.3 is 0 Å². The molecular formula is C24H30N2O2. The van der Waals surface area contributed by atoms with E-state index >= 15 is 0 Å². The van der Waals surface area contributed by atoms with Crippen molar-refractivity contribution in [3.05, 3.63) is 65.4 Å². The molecule has 0 fully saturated rings. The average molecular weight is 379 g/mol. The first-order valence-corrected chi connectivity index (χ1v) is 10.2. The Morgan fingerprint density at radius 3 is 2.68 bits per heavy atom. The molecule has 148 valence electrons. The van der Waals surface area contributed by atoms with Crippen molar-refractivity contribution in [2.24, 2.45) is 0 Å². The first-order valence-electron chi connectivity index (χ1n) is 10.2. The van der Waals surface area contributed by atoms with Gasteiger partial charge in [0.15, 0.2) is 0 Å². The van der Waals surface area contributed by atoms with Gasteiger partial charge in [-0.25, -0.2) is 0 Å². The van der Waals surface area contributed by atoms with Gasteiger partial charge in [-0.05, 0) is 42.2 Å². The van der Waals surface area contributed by atoms with Gasteiger partial charge in [-0.3, -0.25) is 4.79 Å². The molecule has 1 heterocycles. The lowest BCUT2D eigenvalue weighted by atomic mass is 10.0. The number of rotatable bonds is 10. The fraction of sp³-hybridized carbons (Fsp3) is 0.375. The molecule has 0 saturated heterocycles. The minimum Gasteiger partial charge on any atom is -0.497 e. The van der Waals surface area contributed by atoms with E-state index in [0.717, 1.165) is 43.4 Å². The number of aromatic nitrogens is 1. The van der Waals surface area contributed by atoms with Gasteiger partial charge in [0.25, 0.3) is 0 Å². The molecular weight excluding hydrogens is 348 g/mol. The number of aromatic amines is 1. The van der Waals surface area contributed by atoms with Gasteiger partial charge in [0.1, 0.15) is 5.75 Å². The highest BCUT2D eigenvalue weighted by molar-refractivity contribution is 5.86. The Kier molecular flexibility index (Phi) is 7.12. The van der Waals surface area contributed by atoms with Gasteiger partial charge < -0.3 is 15.0 Å². The zero-order valence-corrected chi connectivity index (χ0v) is 16.9. The van der Waals surface area contributed by atoms with Gasteiger partial charge in [0, 0.05) is 36.0 Å². The van der Waals surface area contributed by atoms with E-state index in [2.05, 4.69) is 53.6 Å². The lowest BCUT2D eigenvalue weighted by Gasteiger charge is -2.08. The summed E-state index contributed by atoms with van der Waals surface area (Å²) >= 11 is 0. The summed E-state index contributed by atoms with van der Waals surface area (Å²) in [7, 11) is 1.69. The highest BCUT2D eigenvalue weighted by Crippen LogP contribution is 2.28. The molecule has 0 radical (unpaired) electrons. The Balaban J connectivity index is 1.77. The summed E-state index contributed by atoms with van der Waals surface area (Å²) in [6.07, 6.45) is 5.47. The maximum atomic E-state index is 12.0. The predicted octanol–water partition coefficient (Wildman–Crippen LogP) is 5.01. The topological polar surface area (TPSA) is 54.1 Å². The first kappa shape index (κ1) is 20.0. The van der Waals surface area contributed by atoms with Crippen molar-refractivity contribution in [3.8, 4) is 5.75 Å². The second-order valence-electron chi connectivity index (χ2n) is 7.21. The van der Waals surface area contributed by atoms with E-state index in [1.807, 2.05) is 12.1 Å². The van der Waals surface area contributed by atoms with Crippen LogP contribution < -0.4 is 10.1 Å². The van der Waals surface area contributed by atoms with Crippen LogP contribution in [0.2, 0.25) is 0 Å². The van der Waals surface area contributed by atoms with E-state index in [1.165, 1.54) is 22.2 Å². The Labute approximate surface area is 167 Å². The molecule has 0 aliphatic rings. The van der Waals surface area contributed by atoms with E-state index in [9.17, 15) is 4.79 Å². The van der Waals surface area contributed by atoms with Crippen LogP contribution in [0.25, 0.3) is 10.9 Å². The van der Waals surface area contributed by atoms with Crippen LogP contribution in [0, 0.1) is 0 Å². The monoisotopic (exact) mass is 378 g/mol. The second-order valence-corrected chi connectivity index (χ2v) is 7.21. The summed E-state index contributed by atoms with van der Waals surface area (Å²) in [5, 5.41) is 4.25. The van der Waals surface area contributed by atoms with Gasteiger partial charge in [-0.2, -0.15) is 0 Å². The van der Waals surface area contributed by atoms with Gasteiger partial charge in [0.2, 0.25) is 5.91 Å². The van der Waals surface area contributed by atoms with Crippen LogP contribution >= 0.6 is 0 Å². The van der Waals surface area contributed by atoms with E-state index in [0.29, 0.717) is 13.0 Å². The largest absolute Gasteiger partial charge is 0.497 e. The molecule has 4 nitrogen and oxygen atoms in total. The number of nitrogens with one attached hydrogen (secondary N) is 2. The molecule has 2 N–H and O–H groups in total. The summed E-state index contributed by atoms with van der Waals surface area (Å²) in [6.45, 7) is 2.80. The lowest BCUT2D eigenvalue weighted by molar-refractivity contribution is -0.121. The van der Waals surface area contributed by atoms with Crippen LogP contribution in [0.1, 0.15) is 49.4 Å². The van der Waals surface area contributed by atoms with Crippen molar-refractivity contribution in [2.45, 2.75) is 45.4 Å². The number of unbranched alkanes of at least 4 members (excludes halogenated alkanes) is 2. The summed E-state index contributed by atoms with van der Waals surface area (Å²) in [4.78, 5) is 15.6. The molecule has 0 unspecified atom stereocenters. The fourth-order valence-electron chi connectivity index (χ4n) is 3.60. The standard InChI is InChI=1S/C24H30N2O2/c1-3-4-6-11-24(27)25-15-14-20-21-17-19(28-2)12-13-22(21)26-23(20)16-18-9-7-5-8-10-18/h5,7-10,12-13,17,26H,3-4,6,11,14-16H2,1-2H3,(H,25,27). The molecule has 0 aliphatic heterocycles. The number of ether oxygens (including phenoxy) is 1. The van der Waals surface area contributed by atoms with Crippen molar-refractivity contribution >= 4 is 16.8 Å². The molecule has 0 spiro atoms. The molecule has 3 aromatic rings. The number of carbonyl (C=O) groups is 1. The van der Waals surface area contributed by atoms with Crippen molar-refractivity contribution in [3.63, 3.8) is 0 Å². The van der Waals surface area contributed by atoms with Crippen LogP contribution in [-0.4, -0.2) is 24.5 Å². The number of hydrogen-bond donors (Lipinski definition) is 2. The average Bonchev–Trinajstić information content (AvgIpc) is 3.05. The fourth-order valence-corrected chi connectivity index (χ4v) is 3.60. The van der Waals surface area contributed by atoms with E-state index in [1.54, 1.807) is 7.11 Å². The summed E-state index contributed by atoms with van der Waals surface area (Å²) in [5.41, 5.74) is 4.84. The van der Waals surface area contributed by atoms with E-state index in [-0.39, 0.29) is 5.91 Å². The molecule has 3 rings (SSSR count). The molecule has 28 heavy (non-hydrogen) atoms. The number of hydrogen-bond acceptors (Lipinski definition) is 2. The van der Waals surface area contributed by atoms with Crippen LogP contribution in [-0.2, 0) is 17.6 Å². The summed E-state index contributed by atoms with van der Waals surface area (Å²) < 4.78 is 5.42. The van der Waals surface area contributed by atoms with Crippen LogP contribution in [0.3, 0.4) is 0 Å². The third-order valence-corrected chi connectivity index (χ3v) is 5.13. The Hall–Kier alpha value is -2.75. The number of fused-ring (bicyclic) bond motifs is 1. The normalized spacial score (nSPS) is 10.9. The molecule has 1 amide bonds. The molecule has 0 bridgehead atoms. The lowest BCUT2D eigenvalue weighted by Crippen LogP contribution is -2.25. The third-order valence-electron chi connectivity index (χ3n) is 5.13. The minimum absolute atomic E-state index is 0.149. The Morgan fingerprint density at radius 1 is 1.11 bits per heavy atom. The number of carbonyl (C=O) groups excluding carboxylic acids is 1. The zero-order valence-electron chi connectivity index (χ0n) is 16.9.